The Bertz CT molecular complexity index is 240. The fourth-order valence-electron chi connectivity index (χ4n) is 0.799. The molecule has 1 aromatic carbocycles. The first kappa shape index (κ1) is 11.2. The maximum absolute atomic E-state index is 5.39. The van der Waals surface area contributed by atoms with Crippen molar-refractivity contribution >= 4 is 22.8 Å². The molecule has 0 fully saturated rings. The Balaban J connectivity index is 0.00000121. The van der Waals surface area contributed by atoms with Crippen LogP contribution in [0, 0.1) is 0 Å². The van der Waals surface area contributed by atoms with Crippen LogP contribution in [0.15, 0.2) is 35.3 Å². The van der Waals surface area contributed by atoms with Gasteiger partial charge < -0.3 is 5.73 Å². The summed E-state index contributed by atoms with van der Waals surface area (Å²) < 4.78 is 0. The van der Waals surface area contributed by atoms with Gasteiger partial charge in [0.05, 0.1) is 12.4 Å². The van der Waals surface area contributed by atoms with Crippen LogP contribution in [-0.2, 0) is 6.54 Å². The number of amidine groups is 1. The van der Waals surface area contributed by atoms with Gasteiger partial charge in [0.15, 0.2) is 0 Å². The van der Waals surface area contributed by atoms with E-state index in [-0.39, 0.29) is 17.0 Å². The van der Waals surface area contributed by atoms with Gasteiger partial charge in [-0.15, -0.1) is 17.0 Å². The van der Waals surface area contributed by atoms with Gasteiger partial charge in [-0.05, 0) is 12.5 Å². The number of nitrogens with zero attached hydrogens (tertiary/aromatic N) is 1. The first-order valence-electron chi connectivity index (χ1n) is 3.59. The van der Waals surface area contributed by atoms with E-state index >= 15 is 0 Å². The largest absolute Gasteiger partial charge is 0.388 e. The molecule has 12 heavy (non-hydrogen) atoms. The highest BCUT2D eigenvalue weighted by Crippen LogP contribution is 1.99. The minimum Gasteiger partial charge on any atom is -0.388 e. The maximum Gasteiger partial charge on any atom is 0.0909 e. The molecule has 0 atom stereocenters. The van der Waals surface area contributed by atoms with Crippen LogP contribution in [-0.4, -0.2) is 5.84 Å². The smallest absolute Gasteiger partial charge is 0.0909 e. The lowest BCUT2D eigenvalue weighted by atomic mass is 10.2. The summed E-state index contributed by atoms with van der Waals surface area (Å²) in [5, 5.41) is 0. The molecule has 2 N–H and O–H groups in total. The standard InChI is InChI=1S/C9H12N2.BrH/c1-8(10)11-7-9-5-3-2-4-6-9;/h2-6H,7H2,1H3,(H2,10,11);1H. The van der Waals surface area contributed by atoms with Crippen molar-refractivity contribution in [3.63, 3.8) is 0 Å². The lowest BCUT2D eigenvalue weighted by Gasteiger charge is -1.94. The number of rotatable bonds is 2. The van der Waals surface area contributed by atoms with E-state index in [0.29, 0.717) is 12.4 Å². The second-order valence-corrected chi connectivity index (χ2v) is 2.44. The van der Waals surface area contributed by atoms with Gasteiger partial charge >= 0.3 is 0 Å². The Hall–Kier alpha value is -0.830. The first-order chi connectivity index (χ1) is 5.29. The van der Waals surface area contributed by atoms with Crippen molar-refractivity contribution < 1.29 is 0 Å². The fraction of sp³-hybridized carbons (Fsp3) is 0.222. The van der Waals surface area contributed by atoms with Gasteiger partial charge in [-0.3, -0.25) is 4.99 Å². The number of hydrogen-bond acceptors (Lipinski definition) is 1. The molecule has 0 saturated carbocycles. The van der Waals surface area contributed by atoms with E-state index in [9.17, 15) is 0 Å². The molecule has 0 aromatic heterocycles. The molecule has 1 aromatic rings. The van der Waals surface area contributed by atoms with Crippen molar-refractivity contribution in [1.29, 1.82) is 0 Å². The molecule has 2 nitrogen and oxygen atoms in total. The zero-order chi connectivity index (χ0) is 8.10. The highest BCUT2D eigenvalue weighted by molar-refractivity contribution is 8.93. The van der Waals surface area contributed by atoms with Crippen LogP contribution in [0.4, 0.5) is 0 Å². The molecule has 0 bridgehead atoms. The molecule has 1 rings (SSSR count). The van der Waals surface area contributed by atoms with Gasteiger partial charge in [0.25, 0.3) is 0 Å². The van der Waals surface area contributed by atoms with Crippen molar-refractivity contribution in [1.82, 2.24) is 0 Å². The Labute approximate surface area is 83.3 Å². The van der Waals surface area contributed by atoms with E-state index in [1.54, 1.807) is 6.92 Å². The van der Waals surface area contributed by atoms with E-state index in [1.165, 1.54) is 5.56 Å². The maximum atomic E-state index is 5.39. The Kier molecular flexibility index (Phi) is 5.37. The molecule has 66 valence electrons. The third-order valence-electron chi connectivity index (χ3n) is 1.35. The molecule has 0 heterocycles. The normalized spacial score (nSPS) is 10.6. The monoisotopic (exact) mass is 228 g/mol. The molecule has 0 aliphatic heterocycles. The van der Waals surface area contributed by atoms with Crippen LogP contribution in [0.1, 0.15) is 12.5 Å². The van der Waals surface area contributed by atoms with Crippen molar-refractivity contribution in [3.05, 3.63) is 35.9 Å². The lowest BCUT2D eigenvalue weighted by Crippen LogP contribution is -2.05. The minimum absolute atomic E-state index is 0. The zero-order valence-corrected chi connectivity index (χ0v) is 8.74. The summed E-state index contributed by atoms with van der Waals surface area (Å²) in [5.41, 5.74) is 6.58. The van der Waals surface area contributed by atoms with Crippen LogP contribution in [0.25, 0.3) is 0 Å². The number of aliphatic imine (C=N–C) groups is 1. The Morgan fingerprint density at radius 2 is 1.92 bits per heavy atom. The van der Waals surface area contributed by atoms with Crippen molar-refractivity contribution in [2.75, 3.05) is 0 Å². The molecule has 3 heteroatoms. The average molecular weight is 229 g/mol. The molecule has 0 amide bonds. The van der Waals surface area contributed by atoms with E-state index in [0.717, 1.165) is 0 Å². The van der Waals surface area contributed by atoms with Gasteiger partial charge in [0.1, 0.15) is 0 Å². The molecular formula is C9H13BrN2. The molecule has 0 aliphatic rings. The van der Waals surface area contributed by atoms with E-state index in [1.807, 2.05) is 30.3 Å². The van der Waals surface area contributed by atoms with Gasteiger partial charge in [-0.1, -0.05) is 30.3 Å². The van der Waals surface area contributed by atoms with Gasteiger partial charge in [0.2, 0.25) is 0 Å². The summed E-state index contributed by atoms with van der Waals surface area (Å²) in [5.74, 6) is 0.633. The Morgan fingerprint density at radius 3 is 2.42 bits per heavy atom. The molecule has 0 unspecified atom stereocenters. The minimum atomic E-state index is 0. The summed E-state index contributed by atoms with van der Waals surface area (Å²) in [6.07, 6.45) is 0. The van der Waals surface area contributed by atoms with E-state index in [4.69, 9.17) is 5.73 Å². The summed E-state index contributed by atoms with van der Waals surface area (Å²) in [7, 11) is 0. The van der Waals surface area contributed by atoms with E-state index in [2.05, 4.69) is 4.99 Å². The molecule has 0 aliphatic carbocycles. The predicted molar refractivity (Wildman–Crippen MR) is 57.8 cm³/mol. The number of benzene rings is 1. The summed E-state index contributed by atoms with van der Waals surface area (Å²) in [6, 6.07) is 10.1. The topological polar surface area (TPSA) is 38.4 Å². The highest BCUT2D eigenvalue weighted by atomic mass is 79.9. The number of nitrogens with two attached hydrogens (primary N) is 1. The SMILES string of the molecule is Br.CC(N)=NCc1ccccc1. The summed E-state index contributed by atoms with van der Waals surface area (Å²) >= 11 is 0. The first-order valence-corrected chi connectivity index (χ1v) is 3.59. The van der Waals surface area contributed by atoms with Crippen molar-refractivity contribution in [2.24, 2.45) is 10.7 Å². The lowest BCUT2D eigenvalue weighted by molar-refractivity contribution is 1.06. The van der Waals surface area contributed by atoms with Gasteiger partial charge in [0, 0.05) is 0 Å². The average Bonchev–Trinajstić information content (AvgIpc) is 2.03. The van der Waals surface area contributed by atoms with Crippen molar-refractivity contribution in [2.45, 2.75) is 13.5 Å². The third-order valence-corrected chi connectivity index (χ3v) is 1.35. The number of halogens is 1. The van der Waals surface area contributed by atoms with Gasteiger partial charge in [-0.2, -0.15) is 0 Å². The second-order valence-electron chi connectivity index (χ2n) is 2.44. The van der Waals surface area contributed by atoms with Gasteiger partial charge in [-0.25, -0.2) is 0 Å². The fourth-order valence-corrected chi connectivity index (χ4v) is 0.799. The van der Waals surface area contributed by atoms with Crippen LogP contribution in [0.3, 0.4) is 0 Å². The molecule has 0 radical (unpaired) electrons. The predicted octanol–water partition coefficient (Wildman–Crippen LogP) is 2.14. The van der Waals surface area contributed by atoms with Crippen LogP contribution in [0.5, 0.6) is 0 Å². The molecular weight excluding hydrogens is 216 g/mol. The second kappa shape index (κ2) is 5.77. The van der Waals surface area contributed by atoms with Crippen LogP contribution >= 0.6 is 17.0 Å². The highest BCUT2D eigenvalue weighted by Gasteiger charge is 1.86. The van der Waals surface area contributed by atoms with E-state index < -0.39 is 0 Å². The van der Waals surface area contributed by atoms with Crippen molar-refractivity contribution in [3.8, 4) is 0 Å². The quantitative estimate of drug-likeness (QED) is 0.612. The Morgan fingerprint density at radius 1 is 1.33 bits per heavy atom. The summed E-state index contributed by atoms with van der Waals surface area (Å²) in [4.78, 5) is 4.09. The van der Waals surface area contributed by atoms with Crippen LogP contribution in [0.2, 0.25) is 0 Å². The van der Waals surface area contributed by atoms with Crippen LogP contribution < -0.4 is 5.73 Å². The number of hydrogen-bond donors (Lipinski definition) is 1. The zero-order valence-electron chi connectivity index (χ0n) is 7.03. The third kappa shape index (κ3) is 4.13. The summed E-state index contributed by atoms with van der Waals surface area (Å²) in [6.45, 7) is 2.48. The molecule has 0 spiro atoms. The molecule has 0 saturated heterocycles.